The number of benzene rings is 1. The number of aromatic amines is 1. The Bertz CT molecular complexity index is 1140. The summed E-state index contributed by atoms with van der Waals surface area (Å²) in [6.45, 7) is 5.74. The monoisotopic (exact) mass is 358 g/mol. The molecule has 2 heterocycles. The Labute approximate surface area is 156 Å². The standard InChI is InChI=1S/C21H18N4O2/c1-4-5-15-8-13(2)18(14(3)9-15)19-20(26)24-25(21(19)27)12-17-7-6-16(10-22)11-23-17/h6-9,11,27H,12H2,1-3H3,(H,24,26). The summed E-state index contributed by atoms with van der Waals surface area (Å²) in [7, 11) is 0. The van der Waals surface area contributed by atoms with Crippen molar-refractivity contribution in [3.8, 4) is 34.9 Å². The van der Waals surface area contributed by atoms with Crippen LogP contribution in [0.2, 0.25) is 0 Å². The lowest BCUT2D eigenvalue weighted by molar-refractivity contribution is 0.409. The normalized spacial score (nSPS) is 10.1. The van der Waals surface area contributed by atoms with Gasteiger partial charge in [-0.05, 0) is 61.7 Å². The average molecular weight is 358 g/mol. The fourth-order valence-corrected chi connectivity index (χ4v) is 3.13. The second-order valence-corrected chi connectivity index (χ2v) is 6.24. The van der Waals surface area contributed by atoms with E-state index in [2.05, 4.69) is 21.9 Å². The van der Waals surface area contributed by atoms with E-state index in [-0.39, 0.29) is 23.5 Å². The second-order valence-electron chi connectivity index (χ2n) is 6.24. The molecule has 0 aliphatic rings. The van der Waals surface area contributed by atoms with Crippen molar-refractivity contribution < 1.29 is 5.11 Å². The van der Waals surface area contributed by atoms with Crippen LogP contribution in [0.15, 0.2) is 35.3 Å². The molecule has 0 bridgehead atoms. The molecule has 2 aromatic heterocycles. The Hall–Kier alpha value is -3.77. The molecule has 0 unspecified atom stereocenters. The van der Waals surface area contributed by atoms with Crippen LogP contribution in [0.25, 0.3) is 11.1 Å². The SMILES string of the molecule is CC#Cc1cc(C)c(-c2c(O)n(Cc3ccc(C#N)cn3)[nH]c2=O)c(C)c1. The molecular weight excluding hydrogens is 340 g/mol. The lowest BCUT2D eigenvalue weighted by Crippen LogP contribution is -2.08. The molecule has 3 rings (SSSR count). The molecule has 3 aromatic rings. The number of nitrogens with one attached hydrogen (secondary N) is 1. The van der Waals surface area contributed by atoms with Crippen LogP contribution in [0, 0.1) is 37.0 Å². The van der Waals surface area contributed by atoms with E-state index in [4.69, 9.17) is 5.26 Å². The van der Waals surface area contributed by atoms with Crippen molar-refractivity contribution in [2.75, 3.05) is 0 Å². The predicted octanol–water partition coefficient (Wildman–Crippen LogP) is 2.85. The fraction of sp³-hybridized carbons (Fsp3) is 0.190. The number of aromatic hydroxyl groups is 1. The number of hydrogen-bond donors (Lipinski definition) is 2. The zero-order valence-corrected chi connectivity index (χ0v) is 15.3. The summed E-state index contributed by atoms with van der Waals surface area (Å²) in [6.07, 6.45) is 1.46. The molecular formula is C21H18N4O2. The van der Waals surface area contributed by atoms with Crippen LogP contribution in [0.5, 0.6) is 5.88 Å². The Kier molecular flexibility index (Phi) is 4.83. The van der Waals surface area contributed by atoms with Gasteiger partial charge < -0.3 is 5.11 Å². The van der Waals surface area contributed by atoms with Gasteiger partial charge in [-0.15, -0.1) is 5.92 Å². The maximum atomic E-state index is 12.5. The number of nitriles is 1. The van der Waals surface area contributed by atoms with Gasteiger partial charge in [0.2, 0.25) is 5.88 Å². The quantitative estimate of drug-likeness (QED) is 0.704. The summed E-state index contributed by atoms with van der Waals surface area (Å²) in [5.41, 5.74) is 4.22. The minimum Gasteiger partial charge on any atom is -0.493 e. The lowest BCUT2D eigenvalue weighted by atomic mass is 9.95. The van der Waals surface area contributed by atoms with Crippen LogP contribution in [0.4, 0.5) is 0 Å². The summed E-state index contributed by atoms with van der Waals surface area (Å²) >= 11 is 0. The van der Waals surface area contributed by atoms with Gasteiger partial charge in [-0.25, -0.2) is 4.68 Å². The highest BCUT2D eigenvalue weighted by molar-refractivity contribution is 5.75. The molecule has 0 fully saturated rings. The Morgan fingerprint density at radius 2 is 1.89 bits per heavy atom. The molecule has 0 atom stereocenters. The highest BCUT2D eigenvalue weighted by Crippen LogP contribution is 2.32. The minimum absolute atomic E-state index is 0.147. The molecule has 2 N–H and O–H groups in total. The van der Waals surface area contributed by atoms with Gasteiger partial charge in [0.05, 0.1) is 17.8 Å². The zero-order valence-electron chi connectivity index (χ0n) is 15.3. The van der Waals surface area contributed by atoms with E-state index in [0.29, 0.717) is 16.8 Å². The molecule has 0 aliphatic carbocycles. The van der Waals surface area contributed by atoms with Crippen LogP contribution in [-0.2, 0) is 6.54 Å². The third kappa shape index (κ3) is 3.47. The summed E-state index contributed by atoms with van der Waals surface area (Å²) in [6, 6.07) is 9.13. The molecule has 134 valence electrons. The van der Waals surface area contributed by atoms with Gasteiger partial charge in [0.1, 0.15) is 11.6 Å². The predicted molar refractivity (Wildman–Crippen MR) is 102 cm³/mol. The first-order chi connectivity index (χ1) is 12.9. The first-order valence-electron chi connectivity index (χ1n) is 8.35. The van der Waals surface area contributed by atoms with Crippen molar-refractivity contribution >= 4 is 0 Å². The van der Waals surface area contributed by atoms with Crippen LogP contribution in [0.1, 0.15) is 34.9 Å². The van der Waals surface area contributed by atoms with E-state index in [1.165, 1.54) is 10.9 Å². The molecule has 27 heavy (non-hydrogen) atoms. The van der Waals surface area contributed by atoms with Gasteiger partial charge >= 0.3 is 0 Å². The fourth-order valence-electron chi connectivity index (χ4n) is 3.13. The van der Waals surface area contributed by atoms with Crippen LogP contribution >= 0.6 is 0 Å². The zero-order chi connectivity index (χ0) is 19.6. The van der Waals surface area contributed by atoms with E-state index in [9.17, 15) is 9.90 Å². The summed E-state index contributed by atoms with van der Waals surface area (Å²) in [5.74, 6) is 5.72. The van der Waals surface area contributed by atoms with Crippen molar-refractivity contribution in [3.05, 3.63) is 68.8 Å². The van der Waals surface area contributed by atoms with Crippen molar-refractivity contribution in [3.63, 3.8) is 0 Å². The summed E-state index contributed by atoms with van der Waals surface area (Å²) < 4.78 is 1.35. The Morgan fingerprint density at radius 1 is 1.19 bits per heavy atom. The van der Waals surface area contributed by atoms with Gasteiger partial charge in [0, 0.05) is 11.8 Å². The number of aromatic nitrogens is 3. The van der Waals surface area contributed by atoms with Gasteiger partial charge in [0.15, 0.2) is 0 Å². The van der Waals surface area contributed by atoms with Gasteiger partial charge in [0.25, 0.3) is 5.56 Å². The van der Waals surface area contributed by atoms with E-state index in [1.807, 2.05) is 32.0 Å². The third-order valence-electron chi connectivity index (χ3n) is 4.27. The Morgan fingerprint density at radius 3 is 2.44 bits per heavy atom. The number of aryl methyl sites for hydroxylation is 2. The van der Waals surface area contributed by atoms with E-state index in [1.54, 1.807) is 19.1 Å². The van der Waals surface area contributed by atoms with Crippen molar-refractivity contribution in [1.29, 1.82) is 5.26 Å². The number of pyridine rings is 1. The number of rotatable bonds is 3. The molecule has 0 saturated heterocycles. The van der Waals surface area contributed by atoms with Crippen molar-refractivity contribution in [2.45, 2.75) is 27.3 Å². The van der Waals surface area contributed by atoms with Crippen molar-refractivity contribution in [2.24, 2.45) is 0 Å². The van der Waals surface area contributed by atoms with Crippen LogP contribution in [0.3, 0.4) is 0 Å². The maximum Gasteiger partial charge on any atom is 0.275 e. The van der Waals surface area contributed by atoms with Crippen LogP contribution in [-0.4, -0.2) is 19.9 Å². The molecule has 0 aliphatic heterocycles. The molecule has 0 radical (unpaired) electrons. The van der Waals surface area contributed by atoms with Gasteiger partial charge in [-0.2, -0.15) is 5.26 Å². The molecule has 6 heteroatoms. The first-order valence-corrected chi connectivity index (χ1v) is 8.35. The van der Waals surface area contributed by atoms with E-state index in [0.717, 1.165) is 16.7 Å². The van der Waals surface area contributed by atoms with Gasteiger partial charge in [-0.1, -0.05) is 5.92 Å². The van der Waals surface area contributed by atoms with Crippen molar-refractivity contribution in [1.82, 2.24) is 14.8 Å². The Balaban J connectivity index is 2.05. The summed E-state index contributed by atoms with van der Waals surface area (Å²) in [4.78, 5) is 16.7. The topological polar surface area (TPSA) is 94.7 Å². The number of H-pyrrole nitrogens is 1. The maximum absolute atomic E-state index is 12.5. The van der Waals surface area contributed by atoms with E-state index >= 15 is 0 Å². The van der Waals surface area contributed by atoms with E-state index < -0.39 is 0 Å². The number of nitrogens with zero attached hydrogens (tertiary/aromatic N) is 3. The number of hydrogen-bond acceptors (Lipinski definition) is 4. The molecule has 6 nitrogen and oxygen atoms in total. The van der Waals surface area contributed by atoms with Gasteiger partial charge in [-0.3, -0.25) is 14.9 Å². The summed E-state index contributed by atoms with van der Waals surface area (Å²) in [5, 5.41) is 22.2. The molecule has 0 spiro atoms. The average Bonchev–Trinajstić information content (AvgIpc) is 2.90. The smallest absolute Gasteiger partial charge is 0.275 e. The third-order valence-corrected chi connectivity index (χ3v) is 4.27. The van der Waals surface area contributed by atoms with Crippen LogP contribution < -0.4 is 5.56 Å². The minimum atomic E-state index is -0.373. The lowest BCUT2D eigenvalue weighted by Gasteiger charge is -2.10. The molecule has 0 amide bonds. The highest BCUT2D eigenvalue weighted by Gasteiger charge is 2.20. The second kappa shape index (κ2) is 7.23. The highest BCUT2D eigenvalue weighted by atomic mass is 16.3. The molecule has 1 aromatic carbocycles. The molecule has 0 saturated carbocycles. The largest absolute Gasteiger partial charge is 0.493 e. The first kappa shape index (κ1) is 18.0.